The highest BCUT2D eigenvalue weighted by Gasteiger charge is 2.33. The molecule has 1 fully saturated rings. The van der Waals surface area contributed by atoms with E-state index in [1.54, 1.807) is 18.9 Å². The van der Waals surface area contributed by atoms with E-state index in [4.69, 9.17) is 9.47 Å². The van der Waals surface area contributed by atoms with Crippen LogP contribution in [0.15, 0.2) is 23.0 Å². The Hall–Kier alpha value is -3.29. The highest BCUT2D eigenvalue weighted by Crippen LogP contribution is 2.32. The molecule has 1 N–H and O–H groups in total. The molecule has 8 heteroatoms. The molecule has 0 radical (unpaired) electrons. The lowest BCUT2D eigenvalue weighted by atomic mass is 10.0. The summed E-state index contributed by atoms with van der Waals surface area (Å²) in [5.74, 6) is 1.50. The molecule has 1 aromatic carbocycles. The summed E-state index contributed by atoms with van der Waals surface area (Å²) in [6, 6.07) is 5.85. The van der Waals surface area contributed by atoms with Crippen molar-refractivity contribution in [2.45, 2.75) is 52.1 Å². The summed E-state index contributed by atoms with van der Waals surface area (Å²) >= 11 is 0. The van der Waals surface area contributed by atoms with Gasteiger partial charge in [0.2, 0.25) is 5.91 Å². The zero-order valence-corrected chi connectivity index (χ0v) is 19.3. The van der Waals surface area contributed by atoms with Gasteiger partial charge in [0.15, 0.2) is 0 Å². The Morgan fingerprint density at radius 2 is 2.00 bits per heavy atom. The minimum Gasteiger partial charge on any atom is -0.497 e. The molecule has 0 spiro atoms. The molecule has 8 nitrogen and oxygen atoms in total. The standard InChI is InChI=1S/C24H30N4O4/c1-14-19(24(30)25-23-22(14)15(2)26-27(23)3)9-11-21(29)28(17-6-7-17)13-16-12-18(31-4)8-10-20(16)32-5/h8,10,12,17H,6-7,9,11,13H2,1-5H3,(H,25,30). The van der Waals surface area contributed by atoms with Gasteiger partial charge in [0.25, 0.3) is 5.56 Å². The Morgan fingerprint density at radius 1 is 1.25 bits per heavy atom. The number of nitrogens with zero attached hydrogens (tertiary/aromatic N) is 3. The van der Waals surface area contributed by atoms with Crippen LogP contribution in [-0.4, -0.2) is 45.8 Å². The first-order valence-corrected chi connectivity index (χ1v) is 10.9. The summed E-state index contributed by atoms with van der Waals surface area (Å²) in [7, 11) is 5.06. The van der Waals surface area contributed by atoms with Crippen LogP contribution in [0.1, 0.15) is 41.6 Å². The van der Waals surface area contributed by atoms with Crippen molar-refractivity contribution in [3.05, 3.63) is 50.9 Å². The average Bonchev–Trinajstić information content (AvgIpc) is 3.57. The number of nitrogens with one attached hydrogen (secondary N) is 1. The Balaban J connectivity index is 1.55. The first-order chi connectivity index (χ1) is 15.3. The second-order valence-electron chi connectivity index (χ2n) is 8.42. The maximum Gasteiger partial charge on any atom is 0.253 e. The van der Waals surface area contributed by atoms with Crippen LogP contribution in [0.4, 0.5) is 0 Å². The molecule has 170 valence electrons. The van der Waals surface area contributed by atoms with E-state index in [1.807, 2.05) is 44.0 Å². The first kappa shape index (κ1) is 21.9. The van der Waals surface area contributed by atoms with E-state index >= 15 is 0 Å². The molecular weight excluding hydrogens is 408 g/mol. The molecular formula is C24H30N4O4. The number of amides is 1. The minimum atomic E-state index is -0.154. The van der Waals surface area contributed by atoms with Gasteiger partial charge in [-0.1, -0.05) is 0 Å². The second-order valence-corrected chi connectivity index (χ2v) is 8.42. The largest absolute Gasteiger partial charge is 0.497 e. The van der Waals surface area contributed by atoms with E-state index in [2.05, 4.69) is 10.1 Å². The fourth-order valence-electron chi connectivity index (χ4n) is 4.43. The van der Waals surface area contributed by atoms with Gasteiger partial charge in [-0.05, 0) is 56.9 Å². The van der Waals surface area contributed by atoms with Crippen molar-refractivity contribution in [2.75, 3.05) is 14.2 Å². The maximum absolute atomic E-state index is 13.2. The maximum atomic E-state index is 13.2. The van der Waals surface area contributed by atoms with Crippen LogP contribution in [-0.2, 0) is 24.8 Å². The van der Waals surface area contributed by atoms with E-state index in [9.17, 15) is 9.59 Å². The molecule has 32 heavy (non-hydrogen) atoms. The van der Waals surface area contributed by atoms with Crippen LogP contribution in [0.25, 0.3) is 11.0 Å². The lowest BCUT2D eigenvalue weighted by Gasteiger charge is -2.24. The summed E-state index contributed by atoms with van der Waals surface area (Å²) in [5, 5.41) is 5.37. The first-order valence-electron chi connectivity index (χ1n) is 10.9. The van der Waals surface area contributed by atoms with Crippen LogP contribution in [0.2, 0.25) is 0 Å². The number of rotatable bonds is 8. The summed E-state index contributed by atoms with van der Waals surface area (Å²) in [4.78, 5) is 30.8. The number of H-pyrrole nitrogens is 1. The van der Waals surface area contributed by atoms with Crippen LogP contribution in [0, 0.1) is 13.8 Å². The van der Waals surface area contributed by atoms with Crippen LogP contribution in [0.3, 0.4) is 0 Å². The molecule has 2 aromatic heterocycles. The Bertz CT molecular complexity index is 1220. The predicted molar refractivity (Wildman–Crippen MR) is 122 cm³/mol. The number of carbonyl (C=O) groups is 1. The number of fused-ring (bicyclic) bond motifs is 1. The number of aryl methyl sites for hydroxylation is 3. The fourth-order valence-corrected chi connectivity index (χ4v) is 4.43. The van der Waals surface area contributed by atoms with Crippen molar-refractivity contribution >= 4 is 16.9 Å². The number of benzene rings is 1. The summed E-state index contributed by atoms with van der Waals surface area (Å²) in [5.41, 5.74) is 3.89. The number of hydrogen-bond acceptors (Lipinski definition) is 5. The number of ether oxygens (including phenoxy) is 2. The van der Waals surface area contributed by atoms with Gasteiger partial charge in [0.05, 0.1) is 19.9 Å². The summed E-state index contributed by atoms with van der Waals surface area (Å²) < 4.78 is 12.5. The van der Waals surface area contributed by atoms with E-state index < -0.39 is 0 Å². The Kier molecular flexibility index (Phi) is 5.95. The lowest BCUT2D eigenvalue weighted by molar-refractivity contribution is -0.132. The van der Waals surface area contributed by atoms with Crippen LogP contribution >= 0.6 is 0 Å². The van der Waals surface area contributed by atoms with Gasteiger partial charge in [0.1, 0.15) is 17.1 Å². The van der Waals surface area contributed by atoms with Crippen molar-refractivity contribution in [3.63, 3.8) is 0 Å². The van der Waals surface area contributed by atoms with Gasteiger partial charge >= 0.3 is 0 Å². The van der Waals surface area contributed by atoms with E-state index in [-0.39, 0.29) is 23.9 Å². The molecule has 0 saturated heterocycles. The Labute approximate surface area is 187 Å². The SMILES string of the molecule is COc1ccc(OC)c(CN(C(=O)CCc2c(C)c3c(C)nn(C)c3[nH]c2=O)C2CC2)c1. The molecule has 0 atom stereocenters. The number of aromatic amines is 1. The van der Waals surface area contributed by atoms with Gasteiger partial charge in [-0.2, -0.15) is 5.10 Å². The molecule has 4 rings (SSSR count). The molecule has 1 aliphatic carbocycles. The van der Waals surface area contributed by atoms with Crippen LogP contribution < -0.4 is 15.0 Å². The smallest absolute Gasteiger partial charge is 0.253 e. The number of aromatic nitrogens is 3. The molecule has 0 bridgehead atoms. The zero-order valence-electron chi connectivity index (χ0n) is 19.3. The molecule has 1 aliphatic rings. The topological polar surface area (TPSA) is 89.4 Å². The van der Waals surface area contributed by atoms with Crippen molar-refractivity contribution in [1.82, 2.24) is 19.7 Å². The molecule has 0 unspecified atom stereocenters. The monoisotopic (exact) mass is 438 g/mol. The zero-order chi connectivity index (χ0) is 23.0. The fraction of sp³-hybridized carbons (Fsp3) is 0.458. The van der Waals surface area contributed by atoms with Crippen molar-refractivity contribution < 1.29 is 14.3 Å². The van der Waals surface area contributed by atoms with Crippen molar-refractivity contribution in [2.24, 2.45) is 7.05 Å². The molecule has 0 aliphatic heterocycles. The summed E-state index contributed by atoms with van der Waals surface area (Å²) in [6.07, 6.45) is 2.66. The normalized spacial score (nSPS) is 13.4. The van der Waals surface area contributed by atoms with E-state index in [0.717, 1.165) is 46.5 Å². The van der Waals surface area contributed by atoms with Gasteiger partial charge in [-0.25, -0.2) is 0 Å². The second kappa shape index (κ2) is 8.68. The quantitative estimate of drug-likeness (QED) is 0.584. The third-order valence-electron chi connectivity index (χ3n) is 6.28. The molecule has 3 aromatic rings. The van der Waals surface area contributed by atoms with Crippen LogP contribution in [0.5, 0.6) is 11.5 Å². The van der Waals surface area contributed by atoms with Gasteiger partial charge < -0.3 is 19.4 Å². The van der Waals surface area contributed by atoms with E-state index in [0.29, 0.717) is 24.2 Å². The summed E-state index contributed by atoms with van der Waals surface area (Å²) in [6.45, 7) is 4.32. The van der Waals surface area contributed by atoms with Gasteiger partial charge in [-0.3, -0.25) is 14.3 Å². The highest BCUT2D eigenvalue weighted by atomic mass is 16.5. The number of carbonyl (C=O) groups excluding carboxylic acids is 1. The molecule has 1 saturated carbocycles. The van der Waals surface area contributed by atoms with Gasteiger partial charge in [0, 0.05) is 42.6 Å². The third-order valence-corrected chi connectivity index (χ3v) is 6.28. The molecule has 1 amide bonds. The van der Waals surface area contributed by atoms with Crippen molar-refractivity contribution in [1.29, 1.82) is 0 Å². The number of pyridine rings is 1. The van der Waals surface area contributed by atoms with Gasteiger partial charge in [-0.15, -0.1) is 0 Å². The minimum absolute atomic E-state index is 0.0409. The number of methoxy groups -OCH3 is 2. The van der Waals surface area contributed by atoms with Crippen molar-refractivity contribution in [3.8, 4) is 11.5 Å². The predicted octanol–water partition coefficient (Wildman–Crippen LogP) is 3.02. The Morgan fingerprint density at radius 3 is 2.66 bits per heavy atom. The molecule has 2 heterocycles. The highest BCUT2D eigenvalue weighted by molar-refractivity contribution is 5.83. The number of hydrogen-bond donors (Lipinski definition) is 1. The lowest BCUT2D eigenvalue weighted by Crippen LogP contribution is -2.33. The third kappa shape index (κ3) is 4.09. The average molecular weight is 439 g/mol. The van der Waals surface area contributed by atoms with E-state index in [1.165, 1.54) is 0 Å².